The molecule has 2 N–H and O–H groups in total. The second kappa shape index (κ2) is 9.36. The van der Waals surface area contributed by atoms with Crippen molar-refractivity contribution < 1.29 is 22.4 Å². The number of amides is 2. The predicted molar refractivity (Wildman–Crippen MR) is 111 cm³/mol. The van der Waals surface area contributed by atoms with E-state index in [1.54, 1.807) is 24.3 Å². The summed E-state index contributed by atoms with van der Waals surface area (Å²) >= 11 is 0. The lowest BCUT2D eigenvalue weighted by Crippen LogP contribution is -2.46. The van der Waals surface area contributed by atoms with Crippen LogP contribution in [0, 0.1) is 5.82 Å². The van der Waals surface area contributed by atoms with Crippen molar-refractivity contribution in [3.63, 3.8) is 0 Å². The van der Waals surface area contributed by atoms with E-state index in [0.717, 1.165) is 5.56 Å². The molecule has 2 aromatic rings. The zero-order valence-corrected chi connectivity index (χ0v) is 17.4. The lowest BCUT2D eigenvalue weighted by atomic mass is 10.1. The Morgan fingerprint density at radius 3 is 2.20 bits per heavy atom. The zero-order chi connectivity index (χ0) is 21.7. The minimum atomic E-state index is -3.64. The van der Waals surface area contributed by atoms with Gasteiger partial charge in [0.1, 0.15) is 5.82 Å². The van der Waals surface area contributed by atoms with Gasteiger partial charge in [0.05, 0.1) is 11.3 Å². The highest BCUT2D eigenvalue weighted by Crippen LogP contribution is 2.22. The molecule has 3 rings (SSSR count). The number of hydrogen-bond donors (Lipinski definition) is 2. The van der Waals surface area contributed by atoms with Gasteiger partial charge in [0.2, 0.25) is 21.8 Å². The van der Waals surface area contributed by atoms with E-state index in [0.29, 0.717) is 31.6 Å². The smallest absolute Gasteiger partial charge is 0.243 e. The summed E-state index contributed by atoms with van der Waals surface area (Å²) in [5, 5.41) is 5.53. The van der Waals surface area contributed by atoms with Crippen LogP contribution >= 0.6 is 0 Å². The zero-order valence-electron chi connectivity index (χ0n) is 16.6. The van der Waals surface area contributed by atoms with Crippen molar-refractivity contribution in [3.05, 3.63) is 59.9 Å². The Balaban J connectivity index is 1.53. The fraction of sp³-hybridized carbons (Fsp3) is 0.333. The van der Waals surface area contributed by atoms with Gasteiger partial charge in [-0.1, -0.05) is 12.1 Å². The fourth-order valence-corrected chi connectivity index (χ4v) is 4.84. The topological polar surface area (TPSA) is 95.6 Å². The van der Waals surface area contributed by atoms with Crippen LogP contribution in [-0.2, 0) is 26.0 Å². The average molecular weight is 434 g/mol. The van der Waals surface area contributed by atoms with Crippen LogP contribution in [-0.4, -0.2) is 43.7 Å². The third-order valence-electron chi connectivity index (χ3n) is 4.91. The Bertz CT molecular complexity index is 1000. The van der Waals surface area contributed by atoms with E-state index in [2.05, 4.69) is 10.6 Å². The number of halogens is 1. The first-order valence-electron chi connectivity index (χ1n) is 9.65. The maximum absolute atomic E-state index is 13.0. The van der Waals surface area contributed by atoms with E-state index in [-0.39, 0.29) is 35.0 Å². The van der Waals surface area contributed by atoms with E-state index < -0.39 is 10.0 Å². The molecule has 1 fully saturated rings. The fourth-order valence-electron chi connectivity index (χ4n) is 3.37. The Kier molecular flexibility index (Phi) is 6.84. The van der Waals surface area contributed by atoms with Crippen LogP contribution < -0.4 is 10.6 Å². The highest BCUT2D eigenvalue weighted by Gasteiger charge is 2.29. The van der Waals surface area contributed by atoms with E-state index in [1.165, 1.54) is 35.5 Å². The van der Waals surface area contributed by atoms with E-state index in [4.69, 9.17) is 0 Å². The van der Waals surface area contributed by atoms with Crippen LogP contribution in [0.1, 0.15) is 25.3 Å². The van der Waals surface area contributed by atoms with Crippen molar-refractivity contribution in [1.29, 1.82) is 0 Å². The molecule has 160 valence electrons. The van der Waals surface area contributed by atoms with Gasteiger partial charge in [0, 0.05) is 31.7 Å². The van der Waals surface area contributed by atoms with Crippen molar-refractivity contribution in [2.45, 2.75) is 37.1 Å². The highest BCUT2D eigenvalue weighted by molar-refractivity contribution is 7.89. The molecule has 0 unspecified atom stereocenters. The third-order valence-corrected chi connectivity index (χ3v) is 6.82. The van der Waals surface area contributed by atoms with E-state index in [1.807, 2.05) is 0 Å². The van der Waals surface area contributed by atoms with Crippen molar-refractivity contribution in [2.24, 2.45) is 0 Å². The third kappa shape index (κ3) is 5.64. The molecule has 1 aliphatic rings. The molecule has 1 saturated heterocycles. The van der Waals surface area contributed by atoms with Crippen LogP contribution in [0.25, 0.3) is 0 Å². The first-order chi connectivity index (χ1) is 14.2. The van der Waals surface area contributed by atoms with Crippen LogP contribution in [0.3, 0.4) is 0 Å². The summed E-state index contributed by atoms with van der Waals surface area (Å²) in [7, 11) is -3.64. The SMILES string of the molecule is CC(=O)Nc1ccc(S(=O)(=O)N2CCC(NC(=O)Cc3ccc(F)cc3)CC2)cc1. The van der Waals surface area contributed by atoms with Crippen LogP contribution in [0.4, 0.5) is 10.1 Å². The summed E-state index contributed by atoms with van der Waals surface area (Å²) in [4.78, 5) is 23.5. The molecule has 0 spiro atoms. The van der Waals surface area contributed by atoms with Crippen molar-refractivity contribution in [1.82, 2.24) is 9.62 Å². The van der Waals surface area contributed by atoms with E-state index >= 15 is 0 Å². The highest BCUT2D eigenvalue weighted by atomic mass is 32.2. The number of benzene rings is 2. The summed E-state index contributed by atoms with van der Waals surface area (Å²) < 4.78 is 40.0. The molecule has 9 heteroatoms. The van der Waals surface area contributed by atoms with Crippen LogP contribution in [0.15, 0.2) is 53.4 Å². The molecule has 30 heavy (non-hydrogen) atoms. The summed E-state index contributed by atoms with van der Waals surface area (Å²) in [6.45, 7) is 1.99. The van der Waals surface area contributed by atoms with Gasteiger partial charge in [-0.3, -0.25) is 9.59 Å². The van der Waals surface area contributed by atoms with Gasteiger partial charge in [-0.25, -0.2) is 12.8 Å². The van der Waals surface area contributed by atoms with Crippen LogP contribution in [0.5, 0.6) is 0 Å². The Labute approximate surface area is 175 Å². The van der Waals surface area contributed by atoms with Gasteiger partial charge in [0.15, 0.2) is 0 Å². The first-order valence-corrected chi connectivity index (χ1v) is 11.1. The number of rotatable bonds is 6. The Morgan fingerprint density at radius 1 is 1.03 bits per heavy atom. The predicted octanol–water partition coefficient (Wildman–Crippen LogP) is 2.30. The van der Waals surface area contributed by atoms with Gasteiger partial charge in [-0.15, -0.1) is 0 Å². The largest absolute Gasteiger partial charge is 0.353 e. The van der Waals surface area contributed by atoms with Crippen molar-refractivity contribution in [3.8, 4) is 0 Å². The molecule has 0 saturated carbocycles. The molecule has 2 amide bonds. The Hall–Kier alpha value is -2.78. The van der Waals surface area contributed by atoms with Gasteiger partial charge in [-0.2, -0.15) is 4.31 Å². The Morgan fingerprint density at radius 2 is 1.63 bits per heavy atom. The number of piperidine rings is 1. The van der Waals surface area contributed by atoms with Crippen molar-refractivity contribution >= 4 is 27.5 Å². The lowest BCUT2D eigenvalue weighted by molar-refractivity contribution is -0.121. The number of nitrogens with one attached hydrogen (secondary N) is 2. The first kappa shape index (κ1) is 21.9. The number of carbonyl (C=O) groups is 2. The standard InChI is InChI=1S/C21H24FN3O4S/c1-15(26)23-18-6-8-20(9-7-18)30(28,29)25-12-10-19(11-13-25)24-21(27)14-16-2-4-17(22)5-3-16/h2-9,19H,10-14H2,1H3,(H,23,26)(H,24,27). The molecular formula is C21H24FN3O4S. The lowest BCUT2D eigenvalue weighted by Gasteiger charge is -2.31. The maximum Gasteiger partial charge on any atom is 0.243 e. The van der Waals surface area contributed by atoms with Crippen molar-refractivity contribution in [2.75, 3.05) is 18.4 Å². The second-order valence-corrected chi connectivity index (χ2v) is 9.19. The summed E-state index contributed by atoms with van der Waals surface area (Å²) in [6.07, 6.45) is 1.18. The molecule has 0 aliphatic carbocycles. The number of nitrogens with zero attached hydrogens (tertiary/aromatic N) is 1. The molecule has 0 aromatic heterocycles. The number of anilines is 1. The normalized spacial score (nSPS) is 15.5. The molecule has 1 heterocycles. The maximum atomic E-state index is 13.0. The molecule has 2 aromatic carbocycles. The number of sulfonamides is 1. The quantitative estimate of drug-likeness (QED) is 0.731. The molecule has 7 nitrogen and oxygen atoms in total. The molecule has 0 radical (unpaired) electrons. The summed E-state index contributed by atoms with van der Waals surface area (Å²) in [5.41, 5.74) is 1.25. The minimum Gasteiger partial charge on any atom is -0.353 e. The average Bonchev–Trinajstić information content (AvgIpc) is 2.70. The molecule has 0 bridgehead atoms. The summed E-state index contributed by atoms with van der Waals surface area (Å²) in [6, 6.07) is 11.7. The monoisotopic (exact) mass is 433 g/mol. The molecule has 0 atom stereocenters. The molecule has 1 aliphatic heterocycles. The minimum absolute atomic E-state index is 0.105. The van der Waals surface area contributed by atoms with Gasteiger partial charge >= 0.3 is 0 Å². The number of carbonyl (C=O) groups excluding carboxylic acids is 2. The second-order valence-electron chi connectivity index (χ2n) is 7.25. The summed E-state index contributed by atoms with van der Waals surface area (Å²) in [5.74, 6) is -0.747. The van der Waals surface area contributed by atoms with Gasteiger partial charge in [0.25, 0.3) is 0 Å². The molecular weight excluding hydrogens is 409 g/mol. The van der Waals surface area contributed by atoms with E-state index in [9.17, 15) is 22.4 Å². The van der Waals surface area contributed by atoms with Gasteiger partial charge in [-0.05, 0) is 54.8 Å². The van der Waals surface area contributed by atoms with Gasteiger partial charge < -0.3 is 10.6 Å². The van der Waals surface area contributed by atoms with Crippen LogP contribution in [0.2, 0.25) is 0 Å². The number of hydrogen-bond acceptors (Lipinski definition) is 4.